The topological polar surface area (TPSA) is 99.7 Å². The Morgan fingerprint density at radius 1 is 1.29 bits per heavy atom. The van der Waals surface area contributed by atoms with Gasteiger partial charge in [0.05, 0.1) is 25.7 Å². The number of carbonyl (C=O) groups excluding carboxylic acids is 1. The van der Waals surface area contributed by atoms with Crippen LogP contribution in [-0.2, 0) is 22.4 Å². The summed E-state index contributed by atoms with van der Waals surface area (Å²) in [6, 6.07) is 1.16. The summed E-state index contributed by atoms with van der Waals surface area (Å²) >= 11 is 0. The number of carboxylic acids is 1. The summed E-state index contributed by atoms with van der Waals surface area (Å²) in [6.07, 6.45) is 4.71. The Hall–Kier alpha value is -2.15. The van der Waals surface area contributed by atoms with Crippen LogP contribution in [0.3, 0.4) is 0 Å². The standard InChI is InChI=1S/C17H22N2O5/c20-15(21)9-12-10-24-7-6-19(12)17(23)13-8-11-4-2-1-3-5-14(11)18-16(13)22/h8,12H,1-7,9-10H2,(H,18,22)(H,20,21). The first-order valence-corrected chi connectivity index (χ1v) is 8.42. The fourth-order valence-electron chi connectivity index (χ4n) is 3.46. The molecule has 1 unspecified atom stereocenters. The number of nitrogens with zero attached hydrogens (tertiary/aromatic N) is 1. The minimum Gasteiger partial charge on any atom is -0.481 e. The van der Waals surface area contributed by atoms with Crippen molar-refractivity contribution in [2.75, 3.05) is 19.8 Å². The highest BCUT2D eigenvalue weighted by molar-refractivity contribution is 5.94. The molecule has 130 valence electrons. The van der Waals surface area contributed by atoms with Gasteiger partial charge >= 0.3 is 5.97 Å². The lowest BCUT2D eigenvalue weighted by atomic mass is 10.0. The number of nitrogens with one attached hydrogen (secondary N) is 1. The highest BCUT2D eigenvalue weighted by Gasteiger charge is 2.31. The van der Waals surface area contributed by atoms with Crippen LogP contribution in [0.1, 0.15) is 47.3 Å². The van der Waals surface area contributed by atoms with Gasteiger partial charge in [0, 0.05) is 12.2 Å². The van der Waals surface area contributed by atoms with Crippen LogP contribution in [0.5, 0.6) is 0 Å². The Morgan fingerprint density at radius 3 is 2.88 bits per heavy atom. The number of carbonyl (C=O) groups is 2. The van der Waals surface area contributed by atoms with Crippen LogP contribution in [0, 0.1) is 0 Å². The zero-order valence-electron chi connectivity index (χ0n) is 13.5. The predicted molar refractivity (Wildman–Crippen MR) is 86.2 cm³/mol. The van der Waals surface area contributed by atoms with Crippen molar-refractivity contribution < 1.29 is 19.4 Å². The van der Waals surface area contributed by atoms with Gasteiger partial charge in [0.2, 0.25) is 0 Å². The molecule has 0 bridgehead atoms. The molecule has 1 amide bonds. The summed E-state index contributed by atoms with van der Waals surface area (Å²) in [5.41, 5.74) is 1.67. The van der Waals surface area contributed by atoms with Gasteiger partial charge in [-0.15, -0.1) is 0 Å². The molecule has 1 aliphatic heterocycles. The number of carboxylic acid groups (broad SMARTS) is 1. The minimum absolute atomic E-state index is 0.105. The van der Waals surface area contributed by atoms with Crippen molar-refractivity contribution >= 4 is 11.9 Å². The molecule has 1 fully saturated rings. The molecule has 1 aliphatic carbocycles. The number of aliphatic carboxylic acids is 1. The van der Waals surface area contributed by atoms with E-state index < -0.39 is 17.9 Å². The summed E-state index contributed by atoms with van der Waals surface area (Å²) in [5.74, 6) is -1.39. The average molecular weight is 334 g/mol. The first kappa shape index (κ1) is 16.7. The summed E-state index contributed by atoms with van der Waals surface area (Å²) in [5, 5.41) is 9.02. The van der Waals surface area contributed by atoms with Gasteiger partial charge in [0.1, 0.15) is 5.56 Å². The maximum absolute atomic E-state index is 12.8. The number of pyridine rings is 1. The lowest BCUT2D eigenvalue weighted by molar-refractivity contribution is -0.139. The minimum atomic E-state index is -0.987. The molecular formula is C17H22N2O5. The summed E-state index contributed by atoms with van der Waals surface area (Å²) in [7, 11) is 0. The number of ether oxygens (including phenoxy) is 1. The van der Waals surface area contributed by atoms with Gasteiger partial charge < -0.3 is 19.7 Å². The molecule has 0 aromatic carbocycles. The van der Waals surface area contributed by atoms with E-state index in [0.717, 1.165) is 43.4 Å². The van der Waals surface area contributed by atoms with Crippen LogP contribution in [0.25, 0.3) is 0 Å². The molecule has 1 atom stereocenters. The van der Waals surface area contributed by atoms with Gasteiger partial charge in [-0.05, 0) is 37.3 Å². The highest BCUT2D eigenvalue weighted by atomic mass is 16.5. The van der Waals surface area contributed by atoms with Gasteiger partial charge in [-0.3, -0.25) is 14.4 Å². The van der Waals surface area contributed by atoms with Gasteiger partial charge in [-0.1, -0.05) is 6.42 Å². The van der Waals surface area contributed by atoms with Crippen molar-refractivity contribution in [1.82, 2.24) is 9.88 Å². The van der Waals surface area contributed by atoms with Crippen LogP contribution in [-0.4, -0.2) is 52.7 Å². The quantitative estimate of drug-likeness (QED) is 0.802. The van der Waals surface area contributed by atoms with Crippen molar-refractivity contribution in [3.8, 4) is 0 Å². The van der Waals surface area contributed by atoms with Gasteiger partial charge in [0.15, 0.2) is 0 Å². The molecule has 7 heteroatoms. The van der Waals surface area contributed by atoms with E-state index in [4.69, 9.17) is 9.84 Å². The summed E-state index contributed by atoms with van der Waals surface area (Å²) in [6.45, 7) is 0.832. The number of H-pyrrole nitrogens is 1. The van der Waals surface area contributed by atoms with Gasteiger partial charge in [0.25, 0.3) is 11.5 Å². The van der Waals surface area contributed by atoms with E-state index in [-0.39, 0.29) is 24.2 Å². The first-order valence-electron chi connectivity index (χ1n) is 8.42. The molecule has 2 heterocycles. The molecule has 24 heavy (non-hydrogen) atoms. The molecule has 3 rings (SSSR count). The molecule has 2 aliphatic rings. The van der Waals surface area contributed by atoms with E-state index in [1.165, 1.54) is 4.90 Å². The molecule has 0 saturated carbocycles. The molecule has 1 aromatic rings. The number of aryl methyl sites for hydroxylation is 2. The third kappa shape index (κ3) is 3.51. The number of amides is 1. The lowest BCUT2D eigenvalue weighted by Gasteiger charge is -2.34. The van der Waals surface area contributed by atoms with Crippen LogP contribution in [0.2, 0.25) is 0 Å². The Labute approximate surface area is 139 Å². The largest absolute Gasteiger partial charge is 0.481 e. The maximum atomic E-state index is 12.8. The molecule has 1 aromatic heterocycles. The van der Waals surface area contributed by atoms with E-state index >= 15 is 0 Å². The maximum Gasteiger partial charge on any atom is 0.305 e. The molecular weight excluding hydrogens is 312 g/mol. The van der Waals surface area contributed by atoms with Crippen molar-refractivity contribution in [3.63, 3.8) is 0 Å². The Kier molecular flexibility index (Phi) is 4.99. The van der Waals surface area contributed by atoms with Crippen LogP contribution in [0.4, 0.5) is 0 Å². The van der Waals surface area contributed by atoms with E-state index in [1.54, 1.807) is 6.07 Å². The second kappa shape index (κ2) is 7.17. The predicted octanol–water partition coefficient (Wildman–Crippen LogP) is 0.959. The van der Waals surface area contributed by atoms with Crippen LogP contribution < -0.4 is 5.56 Å². The number of morpholine rings is 1. The molecule has 7 nitrogen and oxygen atoms in total. The second-order valence-corrected chi connectivity index (χ2v) is 6.40. The number of hydrogen-bond acceptors (Lipinski definition) is 4. The van der Waals surface area contributed by atoms with E-state index in [2.05, 4.69) is 4.98 Å². The normalized spacial score (nSPS) is 21.0. The number of aromatic amines is 1. The monoisotopic (exact) mass is 334 g/mol. The summed E-state index contributed by atoms with van der Waals surface area (Å²) < 4.78 is 5.29. The number of hydrogen-bond donors (Lipinski definition) is 2. The second-order valence-electron chi connectivity index (χ2n) is 6.40. The molecule has 2 N–H and O–H groups in total. The van der Waals surface area contributed by atoms with E-state index in [0.29, 0.717) is 13.2 Å². The lowest BCUT2D eigenvalue weighted by Crippen LogP contribution is -2.50. The smallest absolute Gasteiger partial charge is 0.305 e. The van der Waals surface area contributed by atoms with Crippen LogP contribution >= 0.6 is 0 Å². The Balaban J connectivity index is 1.89. The number of aromatic nitrogens is 1. The summed E-state index contributed by atoms with van der Waals surface area (Å²) in [4.78, 5) is 40.5. The third-order valence-corrected chi connectivity index (χ3v) is 4.72. The number of rotatable bonds is 3. The van der Waals surface area contributed by atoms with Crippen molar-refractivity contribution in [2.24, 2.45) is 0 Å². The molecule has 0 radical (unpaired) electrons. The molecule has 0 spiro atoms. The van der Waals surface area contributed by atoms with Crippen molar-refractivity contribution in [2.45, 2.75) is 44.6 Å². The Morgan fingerprint density at radius 2 is 2.08 bits per heavy atom. The average Bonchev–Trinajstić information content (AvgIpc) is 2.78. The number of fused-ring (bicyclic) bond motifs is 1. The van der Waals surface area contributed by atoms with Crippen LogP contribution in [0.15, 0.2) is 10.9 Å². The van der Waals surface area contributed by atoms with Crippen molar-refractivity contribution in [1.29, 1.82) is 0 Å². The Bertz CT molecular complexity index is 697. The zero-order chi connectivity index (χ0) is 17.1. The van der Waals surface area contributed by atoms with E-state index in [1.807, 2.05) is 0 Å². The zero-order valence-corrected chi connectivity index (χ0v) is 13.5. The van der Waals surface area contributed by atoms with E-state index in [9.17, 15) is 14.4 Å². The molecule has 1 saturated heterocycles. The van der Waals surface area contributed by atoms with Crippen molar-refractivity contribution in [3.05, 3.63) is 33.2 Å². The SMILES string of the molecule is O=C(O)CC1COCCN1C(=O)c1cc2c([nH]c1=O)CCCCC2. The third-order valence-electron chi connectivity index (χ3n) is 4.72. The fourth-order valence-corrected chi connectivity index (χ4v) is 3.46. The fraction of sp³-hybridized carbons (Fsp3) is 0.588. The van der Waals surface area contributed by atoms with Gasteiger partial charge in [-0.25, -0.2) is 0 Å². The first-order chi connectivity index (χ1) is 11.6. The van der Waals surface area contributed by atoms with Gasteiger partial charge in [-0.2, -0.15) is 0 Å². The highest BCUT2D eigenvalue weighted by Crippen LogP contribution is 2.20.